The van der Waals surface area contributed by atoms with Crippen molar-refractivity contribution >= 4 is 0 Å². The van der Waals surface area contributed by atoms with Gasteiger partial charge in [0.2, 0.25) is 0 Å². The van der Waals surface area contributed by atoms with Crippen molar-refractivity contribution in [3.63, 3.8) is 0 Å². The molecule has 0 aliphatic heterocycles. The van der Waals surface area contributed by atoms with Crippen molar-refractivity contribution in [2.75, 3.05) is 7.11 Å². The molecular formula is C13H18O2. The summed E-state index contributed by atoms with van der Waals surface area (Å²) >= 11 is 0. The van der Waals surface area contributed by atoms with Crippen LogP contribution in [-0.4, -0.2) is 12.2 Å². The van der Waals surface area contributed by atoms with Crippen LogP contribution in [0, 0.1) is 20.8 Å². The Morgan fingerprint density at radius 1 is 1.20 bits per heavy atom. The van der Waals surface area contributed by atoms with Gasteiger partial charge in [0.15, 0.2) is 11.5 Å². The fourth-order valence-electron chi connectivity index (χ4n) is 1.87. The lowest BCUT2D eigenvalue weighted by molar-refractivity contribution is 0.368. The van der Waals surface area contributed by atoms with Gasteiger partial charge in [0.25, 0.3) is 0 Å². The Bertz CT molecular complexity index is 392. The molecule has 15 heavy (non-hydrogen) atoms. The Morgan fingerprint density at radius 3 is 2.27 bits per heavy atom. The maximum atomic E-state index is 9.90. The van der Waals surface area contributed by atoms with Crippen LogP contribution >= 0.6 is 0 Å². The van der Waals surface area contributed by atoms with Crippen LogP contribution in [-0.2, 0) is 6.42 Å². The molecule has 0 radical (unpaired) electrons. The summed E-state index contributed by atoms with van der Waals surface area (Å²) in [5.41, 5.74) is 4.19. The fraction of sp³-hybridized carbons (Fsp3) is 0.385. The SMILES string of the molecule is C=CCc1c(C)c(C)c(O)c(OC)c1C. The molecule has 0 aliphatic rings. The average molecular weight is 206 g/mol. The van der Waals surface area contributed by atoms with E-state index in [9.17, 15) is 5.11 Å². The van der Waals surface area contributed by atoms with Gasteiger partial charge in [-0.2, -0.15) is 0 Å². The van der Waals surface area contributed by atoms with Crippen LogP contribution in [0.1, 0.15) is 22.3 Å². The first-order valence-electron chi connectivity index (χ1n) is 5.01. The van der Waals surface area contributed by atoms with Gasteiger partial charge in [0, 0.05) is 0 Å². The molecule has 2 nitrogen and oxygen atoms in total. The van der Waals surface area contributed by atoms with E-state index in [4.69, 9.17) is 4.74 Å². The van der Waals surface area contributed by atoms with Gasteiger partial charge in [-0.1, -0.05) is 6.08 Å². The molecule has 0 aliphatic carbocycles. The zero-order valence-corrected chi connectivity index (χ0v) is 9.85. The van der Waals surface area contributed by atoms with E-state index in [1.165, 1.54) is 5.56 Å². The van der Waals surface area contributed by atoms with E-state index in [0.29, 0.717) is 5.75 Å². The molecule has 2 heteroatoms. The molecule has 0 amide bonds. The van der Waals surface area contributed by atoms with Gasteiger partial charge >= 0.3 is 0 Å². The molecule has 0 unspecified atom stereocenters. The molecular weight excluding hydrogens is 188 g/mol. The first kappa shape index (κ1) is 11.6. The highest BCUT2D eigenvalue weighted by Crippen LogP contribution is 2.38. The summed E-state index contributed by atoms with van der Waals surface area (Å²) in [5.74, 6) is 0.829. The van der Waals surface area contributed by atoms with Gasteiger partial charge in [-0.25, -0.2) is 0 Å². The molecule has 0 aromatic heterocycles. The van der Waals surface area contributed by atoms with Gasteiger partial charge in [0.05, 0.1) is 7.11 Å². The molecule has 0 heterocycles. The second-order valence-electron chi connectivity index (χ2n) is 3.73. The Balaban J connectivity index is 3.52. The van der Waals surface area contributed by atoms with Crippen LogP contribution in [0.4, 0.5) is 0 Å². The molecule has 0 saturated heterocycles. The Kier molecular flexibility index (Phi) is 3.40. The van der Waals surface area contributed by atoms with Crippen molar-refractivity contribution in [1.82, 2.24) is 0 Å². The number of hydrogen-bond acceptors (Lipinski definition) is 2. The van der Waals surface area contributed by atoms with Crippen LogP contribution in [0.15, 0.2) is 12.7 Å². The van der Waals surface area contributed by atoms with E-state index in [0.717, 1.165) is 23.1 Å². The number of hydrogen-bond donors (Lipinski definition) is 1. The number of phenols is 1. The molecule has 1 aromatic carbocycles. The topological polar surface area (TPSA) is 29.5 Å². The van der Waals surface area contributed by atoms with E-state index in [-0.39, 0.29) is 5.75 Å². The van der Waals surface area contributed by atoms with Crippen molar-refractivity contribution in [2.24, 2.45) is 0 Å². The zero-order valence-electron chi connectivity index (χ0n) is 9.85. The molecule has 82 valence electrons. The molecule has 0 bridgehead atoms. The van der Waals surface area contributed by atoms with Crippen LogP contribution in [0.5, 0.6) is 11.5 Å². The molecule has 1 rings (SSSR count). The van der Waals surface area contributed by atoms with Gasteiger partial charge in [-0.05, 0) is 49.4 Å². The summed E-state index contributed by atoms with van der Waals surface area (Å²) in [7, 11) is 1.58. The maximum absolute atomic E-state index is 9.90. The van der Waals surface area contributed by atoms with Crippen molar-refractivity contribution in [3.8, 4) is 11.5 Å². The standard InChI is InChI=1S/C13H18O2/c1-6-7-11-8(2)9(3)12(14)13(15-5)10(11)4/h6,14H,1,7H2,2-5H3. The highest BCUT2D eigenvalue weighted by molar-refractivity contribution is 5.58. The lowest BCUT2D eigenvalue weighted by atomic mass is 9.94. The molecule has 1 N–H and O–H groups in total. The summed E-state index contributed by atoms with van der Waals surface area (Å²) in [6, 6.07) is 0. The Labute approximate surface area is 91.2 Å². The second kappa shape index (κ2) is 4.39. The number of aromatic hydroxyl groups is 1. The number of allylic oxidation sites excluding steroid dienone is 1. The van der Waals surface area contributed by atoms with E-state index >= 15 is 0 Å². The number of rotatable bonds is 3. The van der Waals surface area contributed by atoms with E-state index < -0.39 is 0 Å². The lowest BCUT2D eigenvalue weighted by Crippen LogP contribution is -2.00. The summed E-state index contributed by atoms with van der Waals surface area (Å²) in [6.07, 6.45) is 2.67. The van der Waals surface area contributed by atoms with Gasteiger partial charge in [0.1, 0.15) is 0 Å². The van der Waals surface area contributed by atoms with Gasteiger partial charge in [-0.15, -0.1) is 6.58 Å². The molecule has 0 fully saturated rings. The Morgan fingerprint density at radius 2 is 1.80 bits per heavy atom. The predicted octanol–water partition coefficient (Wildman–Crippen LogP) is 3.05. The number of ether oxygens (including phenoxy) is 1. The minimum Gasteiger partial charge on any atom is -0.504 e. The van der Waals surface area contributed by atoms with Crippen molar-refractivity contribution < 1.29 is 9.84 Å². The predicted molar refractivity (Wildman–Crippen MR) is 62.8 cm³/mol. The highest BCUT2D eigenvalue weighted by atomic mass is 16.5. The third kappa shape index (κ3) is 1.84. The minimum atomic E-state index is 0.250. The summed E-state index contributed by atoms with van der Waals surface area (Å²) in [4.78, 5) is 0. The van der Waals surface area contributed by atoms with Crippen LogP contribution < -0.4 is 4.74 Å². The van der Waals surface area contributed by atoms with Crippen molar-refractivity contribution in [1.29, 1.82) is 0 Å². The molecule has 1 aromatic rings. The van der Waals surface area contributed by atoms with Crippen molar-refractivity contribution in [2.45, 2.75) is 27.2 Å². The second-order valence-corrected chi connectivity index (χ2v) is 3.73. The highest BCUT2D eigenvalue weighted by Gasteiger charge is 2.16. The van der Waals surface area contributed by atoms with E-state index in [1.54, 1.807) is 7.11 Å². The third-order valence-corrected chi connectivity index (χ3v) is 2.93. The number of benzene rings is 1. The van der Waals surface area contributed by atoms with Crippen LogP contribution in [0.3, 0.4) is 0 Å². The quantitative estimate of drug-likeness (QED) is 0.770. The van der Waals surface area contributed by atoms with E-state index in [2.05, 4.69) is 6.58 Å². The first-order chi connectivity index (χ1) is 7.04. The fourth-order valence-corrected chi connectivity index (χ4v) is 1.87. The summed E-state index contributed by atoms with van der Waals surface area (Å²) in [5, 5.41) is 9.90. The molecule has 0 atom stereocenters. The van der Waals surface area contributed by atoms with Gasteiger partial charge < -0.3 is 9.84 Å². The molecule has 0 spiro atoms. The number of phenolic OH excluding ortho intramolecular Hbond substituents is 1. The summed E-state index contributed by atoms with van der Waals surface area (Å²) < 4.78 is 5.21. The third-order valence-electron chi connectivity index (χ3n) is 2.93. The van der Waals surface area contributed by atoms with E-state index in [1.807, 2.05) is 26.8 Å². The monoisotopic (exact) mass is 206 g/mol. The average Bonchev–Trinajstić information content (AvgIpc) is 2.22. The lowest BCUT2D eigenvalue weighted by Gasteiger charge is -2.17. The number of methoxy groups -OCH3 is 1. The first-order valence-corrected chi connectivity index (χ1v) is 5.01. The largest absolute Gasteiger partial charge is 0.504 e. The van der Waals surface area contributed by atoms with Crippen LogP contribution in [0.2, 0.25) is 0 Å². The molecule has 0 saturated carbocycles. The normalized spacial score (nSPS) is 10.1. The minimum absolute atomic E-state index is 0.250. The maximum Gasteiger partial charge on any atom is 0.163 e. The smallest absolute Gasteiger partial charge is 0.163 e. The van der Waals surface area contributed by atoms with Crippen LogP contribution in [0.25, 0.3) is 0 Å². The van der Waals surface area contributed by atoms with Crippen molar-refractivity contribution in [3.05, 3.63) is 34.9 Å². The summed E-state index contributed by atoms with van der Waals surface area (Å²) in [6.45, 7) is 9.62. The Hall–Kier alpha value is -1.44. The van der Waals surface area contributed by atoms with Gasteiger partial charge in [-0.3, -0.25) is 0 Å². The zero-order chi connectivity index (χ0) is 11.6.